The molecular formula is C13H19FN2O3S. The van der Waals surface area contributed by atoms with Gasteiger partial charge in [0.1, 0.15) is 11.6 Å². The Morgan fingerprint density at radius 1 is 1.30 bits per heavy atom. The summed E-state index contributed by atoms with van der Waals surface area (Å²) >= 11 is 0. The van der Waals surface area contributed by atoms with Crippen LogP contribution in [0.2, 0.25) is 0 Å². The Morgan fingerprint density at radius 2 is 1.90 bits per heavy atom. The van der Waals surface area contributed by atoms with E-state index in [1.54, 1.807) is 20.8 Å². The predicted molar refractivity (Wildman–Crippen MR) is 76.5 cm³/mol. The van der Waals surface area contributed by atoms with E-state index in [4.69, 9.17) is 0 Å². The van der Waals surface area contributed by atoms with Crippen LogP contribution in [0.4, 0.5) is 10.1 Å². The number of anilines is 1. The van der Waals surface area contributed by atoms with Crippen molar-refractivity contribution >= 4 is 21.6 Å². The molecule has 0 bridgehead atoms. The lowest BCUT2D eigenvalue weighted by Crippen LogP contribution is -2.36. The first-order valence-corrected chi connectivity index (χ1v) is 7.95. The van der Waals surface area contributed by atoms with Gasteiger partial charge in [-0.05, 0) is 30.7 Å². The molecule has 0 aliphatic heterocycles. The Morgan fingerprint density at radius 3 is 2.40 bits per heavy atom. The second kappa shape index (κ2) is 6.81. The third-order valence-corrected chi connectivity index (χ3v) is 4.78. The van der Waals surface area contributed by atoms with E-state index in [1.807, 2.05) is 0 Å². The van der Waals surface area contributed by atoms with Gasteiger partial charge in [0.2, 0.25) is 15.9 Å². The first kappa shape index (κ1) is 16.6. The number of carbonyl (C=O) groups is 1. The molecule has 1 aromatic rings. The van der Waals surface area contributed by atoms with E-state index in [9.17, 15) is 17.6 Å². The highest BCUT2D eigenvalue weighted by Crippen LogP contribution is 2.14. The average Bonchev–Trinajstić information content (AvgIpc) is 2.34. The lowest BCUT2D eigenvalue weighted by Gasteiger charge is -2.18. The fourth-order valence-electron chi connectivity index (χ4n) is 1.79. The molecular weight excluding hydrogens is 283 g/mol. The summed E-state index contributed by atoms with van der Waals surface area (Å²) in [4.78, 5) is 11.7. The van der Waals surface area contributed by atoms with Gasteiger partial charge in [-0.15, -0.1) is 0 Å². The minimum absolute atomic E-state index is 0.321. The third-order valence-electron chi connectivity index (χ3n) is 2.85. The zero-order valence-electron chi connectivity index (χ0n) is 11.8. The molecule has 0 unspecified atom stereocenters. The van der Waals surface area contributed by atoms with E-state index in [-0.39, 0.29) is 5.82 Å². The largest absolute Gasteiger partial charge is 0.325 e. The Kier molecular flexibility index (Phi) is 5.64. The molecule has 1 rings (SSSR count). The Labute approximate surface area is 118 Å². The molecule has 20 heavy (non-hydrogen) atoms. The number of nitrogens with zero attached hydrogens (tertiary/aromatic N) is 1. The Bertz CT molecular complexity index is 583. The normalized spacial score (nSPS) is 11.7. The maximum Gasteiger partial charge on any atom is 0.241 e. The molecule has 0 saturated carbocycles. The van der Waals surface area contributed by atoms with Crippen LogP contribution in [0.5, 0.6) is 0 Å². The molecule has 7 heteroatoms. The molecule has 0 aliphatic carbocycles. The number of carbonyl (C=O) groups excluding carboxylic acids is 1. The Balaban J connectivity index is 2.75. The number of amides is 1. The number of rotatable bonds is 6. The minimum Gasteiger partial charge on any atom is -0.325 e. The standard InChI is InChI=1S/C13H19FN2O3S/c1-4-16(5-2)20(18,19)9-13(17)15-11-6-7-12(14)10(3)8-11/h6-8H,4-5,9H2,1-3H3,(H,15,17). The van der Waals surface area contributed by atoms with E-state index < -0.39 is 21.7 Å². The topological polar surface area (TPSA) is 66.5 Å². The van der Waals surface area contributed by atoms with Crippen molar-refractivity contribution in [2.24, 2.45) is 0 Å². The van der Waals surface area contributed by atoms with Crippen molar-refractivity contribution < 1.29 is 17.6 Å². The lowest BCUT2D eigenvalue weighted by atomic mass is 10.2. The highest BCUT2D eigenvalue weighted by Gasteiger charge is 2.22. The molecule has 0 spiro atoms. The number of aryl methyl sites for hydroxylation is 1. The molecule has 0 fully saturated rings. The van der Waals surface area contributed by atoms with E-state index in [1.165, 1.54) is 22.5 Å². The highest BCUT2D eigenvalue weighted by molar-refractivity contribution is 7.89. The lowest BCUT2D eigenvalue weighted by molar-refractivity contribution is -0.113. The first-order chi connectivity index (χ1) is 9.30. The van der Waals surface area contributed by atoms with Gasteiger partial charge in [-0.25, -0.2) is 17.1 Å². The number of nitrogens with one attached hydrogen (secondary N) is 1. The van der Waals surface area contributed by atoms with Crippen LogP contribution >= 0.6 is 0 Å². The quantitative estimate of drug-likeness (QED) is 0.870. The molecule has 0 atom stereocenters. The minimum atomic E-state index is -3.61. The third kappa shape index (κ3) is 4.28. The van der Waals surface area contributed by atoms with Crippen molar-refractivity contribution in [2.75, 3.05) is 24.2 Å². The number of benzene rings is 1. The van der Waals surface area contributed by atoms with Gasteiger partial charge < -0.3 is 5.32 Å². The van der Waals surface area contributed by atoms with Gasteiger partial charge in [-0.3, -0.25) is 4.79 Å². The summed E-state index contributed by atoms with van der Waals surface area (Å²) in [6, 6.07) is 4.07. The summed E-state index contributed by atoms with van der Waals surface area (Å²) in [6.07, 6.45) is 0. The van der Waals surface area contributed by atoms with Gasteiger partial charge in [0, 0.05) is 18.8 Å². The zero-order valence-corrected chi connectivity index (χ0v) is 12.6. The zero-order chi connectivity index (χ0) is 15.3. The van der Waals surface area contributed by atoms with Gasteiger partial charge in [0.05, 0.1) is 0 Å². The van der Waals surface area contributed by atoms with Crippen LogP contribution in [-0.2, 0) is 14.8 Å². The molecule has 0 saturated heterocycles. The molecule has 0 heterocycles. The predicted octanol–water partition coefficient (Wildman–Crippen LogP) is 1.74. The summed E-state index contributed by atoms with van der Waals surface area (Å²) in [5.74, 6) is -1.63. The SMILES string of the molecule is CCN(CC)S(=O)(=O)CC(=O)Nc1ccc(F)c(C)c1. The fourth-order valence-corrected chi connectivity index (χ4v) is 3.17. The van der Waals surface area contributed by atoms with Gasteiger partial charge >= 0.3 is 0 Å². The number of hydrogen-bond acceptors (Lipinski definition) is 3. The molecule has 0 aliphatic rings. The van der Waals surface area contributed by atoms with E-state index in [2.05, 4.69) is 5.32 Å². The summed E-state index contributed by atoms with van der Waals surface area (Å²) < 4.78 is 38.2. The van der Waals surface area contributed by atoms with Gasteiger partial charge in [-0.1, -0.05) is 13.8 Å². The fraction of sp³-hybridized carbons (Fsp3) is 0.462. The maximum absolute atomic E-state index is 13.1. The summed E-state index contributed by atoms with van der Waals surface area (Å²) in [5.41, 5.74) is 0.762. The van der Waals surface area contributed by atoms with Gasteiger partial charge in [0.25, 0.3) is 0 Å². The van der Waals surface area contributed by atoms with Crippen molar-refractivity contribution in [3.05, 3.63) is 29.6 Å². The number of halogens is 1. The van der Waals surface area contributed by atoms with Crippen LogP contribution in [0.3, 0.4) is 0 Å². The summed E-state index contributed by atoms with van der Waals surface area (Å²) in [6.45, 7) is 5.63. The van der Waals surface area contributed by atoms with Crippen molar-refractivity contribution in [1.82, 2.24) is 4.31 Å². The molecule has 1 amide bonds. The summed E-state index contributed by atoms with van der Waals surface area (Å²) in [7, 11) is -3.61. The van der Waals surface area contributed by atoms with Crippen LogP contribution in [0.1, 0.15) is 19.4 Å². The Hall–Kier alpha value is -1.47. The van der Waals surface area contributed by atoms with Crippen LogP contribution in [0.25, 0.3) is 0 Å². The average molecular weight is 302 g/mol. The van der Waals surface area contributed by atoms with Crippen molar-refractivity contribution in [1.29, 1.82) is 0 Å². The molecule has 1 aromatic carbocycles. The van der Waals surface area contributed by atoms with Crippen molar-refractivity contribution in [2.45, 2.75) is 20.8 Å². The van der Waals surface area contributed by atoms with E-state index in [0.29, 0.717) is 24.3 Å². The maximum atomic E-state index is 13.1. The molecule has 0 aromatic heterocycles. The smallest absolute Gasteiger partial charge is 0.241 e. The molecule has 1 N–H and O–H groups in total. The van der Waals surface area contributed by atoms with E-state index in [0.717, 1.165) is 0 Å². The van der Waals surface area contributed by atoms with Crippen LogP contribution in [0.15, 0.2) is 18.2 Å². The van der Waals surface area contributed by atoms with Gasteiger partial charge in [-0.2, -0.15) is 0 Å². The number of sulfonamides is 1. The summed E-state index contributed by atoms with van der Waals surface area (Å²) in [5, 5.41) is 2.46. The monoisotopic (exact) mass is 302 g/mol. The van der Waals surface area contributed by atoms with E-state index >= 15 is 0 Å². The van der Waals surface area contributed by atoms with Crippen molar-refractivity contribution in [3.63, 3.8) is 0 Å². The number of hydrogen-bond donors (Lipinski definition) is 1. The van der Waals surface area contributed by atoms with Gasteiger partial charge in [0.15, 0.2) is 0 Å². The van der Waals surface area contributed by atoms with Crippen LogP contribution < -0.4 is 5.32 Å². The molecule has 0 radical (unpaired) electrons. The molecule has 112 valence electrons. The van der Waals surface area contributed by atoms with Crippen LogP contribution in [-0.4, -0.2) is 37.5 Å². The molecule has 5 nitrogen and oxygen atoms in total. The second-order valence-corrected chi connectivity index (χ2v) is 6.32. The second-order valence-electron chi connectivity index (χ2n) is 4.35. The first-order valence-electron chi connectivity index (χ1n) is 6.34. The van der Waals surface area contributed by atoms with Crippen molar-refractivity contribution in [3.8, 4) is 0 Å². The van der Waals surface area contributed by atoms with Crippen LogP contribution in [0, 0.1) is 12.7 Å². The highest BCUT2D eigenvalue weighted by atomic mass is 32.2.